The second-order valence-electron chi connectivity index (χ2n) is 5.55. The van der Waals surface area contributed by atoms with Crippen molar-refractivity contribution in [2.24, 2.45) is 5.10 Å². The minimum atomic E-state index is -0.739. The smallest absolute Gasteiger partial charge is 0.251 e. The van der Waals surface area contributed by atoms with Crippen LogP contribution in [0.1, 0.15) is 21.5 Å². The fourth-order valence-electron chi connectivity index (χ4n) is 2.39. The first-order valence-electron chi connectivity index (χ1n) is 7.78. The van der Waals surface area contributed by atoms with Crippen LogP contribution in [0.3, 0.4) is 0 Å². The lowest BCUT2D eigenvalue weighted by Crippen LogP contribution is -2.50. The van der Waals surface area contributed by atoms with Gasteiger partial charge in [-0.15, -0.1) is 5.10 Å². The molecule has 3 rings (SSSR count). The second kappa shape index (κ2) is 7.87. The van der Waals surface area contributed by atoms with Gasteiger partial charge in [0.2, 0.25) is 12.1 Å². The Morgan fingerprint density at radius 3 is 2.85 bits per heavy atom. The number of rotatable bonds is 5. The van der Waals surface area contributed by atoms with Crippen molar-refractivity contribution in [3.63, 3.8) is 0 Å². The maximum absolute atomic E-state index is 12.3. The Balaban J connectivity index is 1.66. The van der Waals surface area contributed by atoms with Crippen molar-refractivity contribution >= 4 is 23.4 Å². The minimum absolute atomic E-state index is 0.284. The standard InChI is InChI=1S/C18H15ClN4O3/c19-14-6-4-12(5-7-14)16(25)21-15(10-24)18-23-22-17(26-18)13-3-1-2-11(8-13)9-20/h1-8,15,18,23-24H,10H2,(H,21,25)/t15-,18?/m1/s1. The van der Waals surface area contributed by atoms with Crippen LogP contribution in [0, 0.1) is 11.3 Å². The third kappa shape index (κ3) is 3.94. The lowest BCUT2D eigenvalue weighted by atomic mass is 10.1. The summed E-state index contributed by atoms with van der Waals surface area (Å²) in [5.41, 5.74) is 4.26. The number of hydrogen-bond acceptors (Lipinski definition) is 6. The van der Waals surface area contributed by atoms with E-state index >= 15 is 0 Å². The van der Waals surface area contributed by atoms with Gasteiger partial charge in [-0.3, -0.25) is 10.2 Å². The molecule has 26 heavy (non-hydrogen) atoms. The average molecular weight is 371 g/mol. The van der Waals surface area contributed by atoms with Crippen molar-refractivity contribution in [3.8, 4) is 6.07 Å². The van der Waals surface area contributed by atoms with Gasteiger partial charge in [-0.25, -0.2) is 0 Å². The van der Waals surface area contributed by atoms with Gasteiger partial charge in [0.15, 0.2) is 0 Å². The Morgan fingerprint density at radius 1 is 1.38 bits per heavy atom. The van der Waals surface area contributed by atoms with Gasteiger partial charge >= 0.3 is 0 Å². The monoisotopic (exact) mass is 370 g/mol. The molecule has 2 aromatic rings. The highest BCUT2D eigenvalue weighted by atomic mass is 35.5. The summed E-state index contributed by atoms with van der Waals surface area (Å²) in [6.07, 6.45) is -0.739. The Morgan fingerprint density at radius 2 is 2.15 bits per heavy atom. The molecule has 0 radical (unpaired) electrons. The van der Waals surface area contributed by atoms with Crippen LogP contribution in [-0.2, 0) is 4.74 Å². The number of nitrogens with one attached hydrogen (secondary N) is 2. The first-order chi connectivity index (χ1) is 12.6. The molecule has 7 nitrogen and oxygen atoms in total. The van der Waals surface area contributed by atoms with E-state index in [0.717, 1.165) is 0 Å². The van der Waals surface area contributed by atoms with Crippen molar-refractivity contribution in [2.45, 2.75) is 12.3 Å². The number of nitriles is 1. The van der Waals surface area contributed by atoms with E-state index in [-0.39, 0.29) is 18.4 Å². The van der Waals surface area contributed by atoms with Crippen LogP contribution in [0.2, 0.25) is 5.02 Å². The van der Waals surface area contributed by atoms with Crippen molar-refractivity contribution in [2.75, 3.05) is 6.61 Å². The second-order valence-corrected chi connectivity index (χ2v) is 5.98. The molecule has 0 bridgehead atoms. The Bertz CT molecular complexity index is 877. The molecule has 0 spiro atoms. The molecule has 1 aliphatic heterocycles. The zero-order chi connectivity index (χ0) is 18.5. The lowest BCUT2D eigenvalue weighted by molar-refractivity contribution is 0.0733. The minimum Gasteiger partial charge on any atom is -0.448 e. The first-order valence-corrected chi connectivity index (χ1v) is 8.16. The number of amides is 1. The molecule has 2 aromatic carbocycles. The van der Waals surface area contributed by atoms with Crippen LogP contribution in [0.15, 0.2) is 53.6 Å². The maximum atomic E-state index is 12.3. The summed E-state index contributed by atoms with van der Waals surface area (Å²) in [7, 11) is 0. The number of halogens is 1. The van der Waals surface area contributed by atoms with Crippen LogP contribution in [0.4, 0.5) is 0 Å². The molecule has 8 heteroatoms. The summed E-state index contributed by atoms with van der Waals surface area (Å²) in [4.78, 5) is 12.3. The van der Waals surface area contributed by atoms with Gasteiger partial charge < -0.3 is 15.2 Å². The summed E-state index contributed by atoms with van der Waals surface area (Å²) >= 11 is 5.81. The predicted molar refractivity (Wildman–Crippen MR) is 95.5 cm³/mol. The molecule has 0 saturated carbocycles. The summed E-state index contributed by atoms with van der Waals surface area (Å²) < 4.78 is 5.69. The number of carbonyl (C=O) groups is 1. The lowest BCUT2D eigenvalue weighted by Gasteiger charge is -2.22. The van der Waals surface area contributed by atoms with Gasteiger partial charge in [-0.1, -0.05) is 17.7 Å². The predicted octanol–water partition coefficient (Wildman–Crippen LogP) is 1.61. The van der Waals surface area contributed by atoms with Crippen LogP contribution >= 0.6 is 11.6 Å². The summed E-state index contributed by atoms with van der Waals surface area (Å²) in [5, 5.41) is 25.9. The summed E-state index contributed by atoms with van der Waals surface area (Å²) in [6, 6.07) is 14.5. The van der Waals surface area contributed by atoms with E-state index in [0.29, 0.717) is 21.7 Å². The maximum Gasteiger partial charge on any atom is 0.251 e. The van der Waals surface area contributed by atoms with Gasteiger partial charge in [0, 0.05) is 16.1 Å². The number of carbonyl (C=O) groups excluding carboxylic acids is 1. The van der Waals surface area contributed by atoms with Crippen LogP contribution < -0.4 is 10.7 Å². The number of hydrogen-bond donors (Lipinski definition) is 3. The zero-order valence-electron chi connectivity index (χ0n) is 13.5. The number of hydrazone groups is 1. The topological polar surface area (TPSA) is 107 Å². The van der Waals surface area contributed by atoms with E-state index in [2.05, 4.69) is 15.8 Å². The SMILES string of the molecule is N#Cc1cccc(C2=NNC([C@@H](CO)NC(=O)c3ccc(Cl)cc3)O2)c1. The Hall–Kier alpha value is -3.08. The van der Waals surface area contributed by atoms with Gasteiger partial charge in [-0.05, 0) is 42.5 Å². The molecule has 1 unspecified atom stereocenters. The molecule has 0 saturated heterocycles. The average Bonchev–Trinajstić information content (AvgIpc) is 3.16. The quantitative estimate of drug-likeness (QED) is 0.741. The van der Waals surface area contributed by atoms with E-state index in [1.54, 1.807) is 48.5 Å². The molecule has 1 amide bonds. The van der Waals surface area contributed by atoms with Crippen LogP contribution in [0.5, 0.6) is 0 Å². The molecular weight excluding hydrogens is 356 g/mol. The van der Waals surface area contributed by atoms with Crippen molar-refractivity contribution in [3.05, 3.63) is 70.2 Å². The number of benzene rings is 2. The van der Waals surface area contributed by atoms with E-state index in [1.807, 2.05) is 6.07 Å². The van der Waals surface area contributed by atoms with Crippen LogP contribution in [-0.4, -0.2) is 35.8 Å². The third-order valence-electron chi connectivity index (χ3n) is 3.76. The van der Waals surface area contributed by atoms with Gasteiger partial charge in [0.05, 0.1) is 18.2 Å². The molecule has 1 aliphatic rings. The zero-order valence-corrected chi connectivity index (χ0v) is 14.3. The normalized spacial score (nSPS) is 16.7. The molecule has 132 valence electrons. The number of ether oxygens (including phenoxy) is 1. The highest BCUT2D eigenvalue weighted by molar-refractivity contribution is 6.30. The Labute approximate surface area is 154 Å². The summed E-state index contributed by atoms with van der Waals surface area (Å²) in [6.45, 7) is -0.349. The largest absolute Gasteiger partial charge is 0.448 e. The molecule has 1 heterocycles. The van der Waals surface area contributed by atoms with Gasteiger partial charge in [0.25, 0.3) is 5.91 Å². The molecule has 0 aliphatic carbocycles. The highest BCUT2D eigenvalue weighted by Gasteiger charge is 2.30. The van der Waals surface area contributed by atoms with E-state index in [9.17, 15) is 9.90 Å². The molecule has 0 fully saturated rings. The van der Waals surface area contributed by atoms with E-state index in [1.165, 1.54) is 0 Å². The molecule has 0 aromatic heterocycles. The first kappa shape index (κ1) is 17.7. The highest BCUT2D eigenvalue weighted by Crippen LogP contribution is 2.14. The third-order valence-corrected chi connectivity index (χ3v) is 4.01. The van der Waals surface area contributed by atoms with Crippen molar-refractivity contribution < 1.29 is 14.6 Å². The summed E-state index contributed by atoms with van der Waals surface area (Å²) in [5.74, 6) is -0.0858. The Kier molecular flexibility index (Phi) is 5.37. The number of aliphatic hydroxyl groups is 1. The van der Waals surface area contributed by atoms with E-state index < -0.39 is 12.3 Å². The van der Waals surface area contributed by atoms with Gasteiger partial charge in [-0.2, -0.15) is 5.26 Å². The molecular formula is C18H15ClN4O3. The van der Waals surface area contributed by atoms with Crippen molar-refractivity contribution in [1.82, 2.24) is 10.7 Å². The van der Waals surface area contributed by atoms with Crippen molar-refractivity contribution in [1.29, 1.82) is 5.26 Å². The number of aliphatic hydroxyl groups excluding tert-OH is 1. The fraction of sp³-hybridized carbons (Fsp3) is 0.167. The van der Waals surface area contributed by atoms with Gasteiger partial charge in [0.1, 0.15) is 6.04 Å². The molecule has 2 atom stereocenters. The van der Waals surface area contributed by atoms with E-state index in [4.69, 9.17) is 21.6 Å². The fourth-order valence-corrected chi connectivity index (χ4v) is 2.52. The molecule has 3 N–H and O–H groups in total. The number of nitrogens with zero attached hydrogens (tertiary/aromatic N) is 2. The van der Waals surface area contributed by atoms with Crippen LogP contribution in [0.25, 0.3) is 0 Å².